The van der Waals surface area contributed by atoms with E-state index in [-0.39, 0.29) is 17.4 Å². The predicted octanol–water partition coefficient (Wildman–Crippen LogP) is 1.24. The van der Waals surface area contributed by atoms with Crippen LogP contribution in [-0.4, -0.2) is 22.3 Å². The maximum Gasteiger partial charge on any atom is 0.257 e. The Balaban J connectivity index is 2.27. The number of hydrogen-bond acceptors (Lipinski definition) is 2. The number of hydrogen-bond donors (Lipinski definition) is 0. The highest BCUT2D eigenvalue weighted by Gasteiger charge is 2.46. The molecule has 2 aliphatic rings. The first kappa shape index (κ1) is 8.48. The van der Waals surface area contributed by atoms with Gasteiger partial charge >= 0.3 is 0 Å². The Morgan fingerprint density at radius 3 is 2.31 bits per heavy atom. The Labute approximate surface area is 77.4 Å². The molecule has 0 radical (unpaired) electrons. The molecule has 1 aliphatic carbocycles. The summed E-state index contributed by atoms with van der Waals surface area (Å²) >= 11 is 0. The van der Waals surface area contributed by atoms with Crippen LogP contribution in [0, 0.1) is 0 Å². The lowest BCUT2D eigenvalue weighted by Crippen LogP contribution is -2.54. The van der Waals surface area contributed by atoms with Crippen molar-refractivity contribution in [3.63, 3.8) is 0 Å². The second kappa shape index (κ2) is 2.44. The monoisotopic (exact) mass is 179 g/mol. The van der Waals surface area contributed by atoms with Crippen molar-refractivity contribution >= 4 is 11.8 Å². The molecule has 0 saturated heterocycles. The standard InChI is InChI=1S/C10H13NO2/c1-7-6-8(12)11(9(7)13)10(2)4-3-5-10/h6H,3-5H2,1-2H3. The molecule has 1 saturated carbocycles. The number of carbonyl (C=O) groups excluding carboxylic acids is 2. The summed E-state index contributed by atoms with van der Waals surface area (Å²) in [6.07, 6.45) is 4.45. The molecule has 0 unspecified atom stereocenters. The van der Waals surface area contributed by atoms with Crippen molar-refractivity contribution in [2.45, 2.75) is 38.6 Å². The quantitative estimate of drug-likeness (QED) is 0.568. The SMILES string of the molecule is CC1=CC(=O)N(C2(C)CCC2)C1=O. The minimum atomic E-state index is -0.192. The molecule has 1 heterocycles. The summed E-state index contributed by atoms with van der Waals surface area (Å²) in [5.41, 5.74) is 0.376. The van der Waals surface area contributed by atoms with Crippen LogP contribution < -0.4 is 0 Å². The zero-order chi connectivity index (χ0) is 9.64. The van der Waals surface area contributed by atoms with Gasteiger partial charge in [-0.1, -0.05) is 0 Å². The maximum absolute atomic E-state index is 11.6. The van der Waals surface area contributed by atoms with Crippen molar-refractivity contribution in [3.8, 4) is 0 Å². The highest BCUT2D eigenvalue weighted by atomic mass is 16.2. The normalized spacial score (nSPS) is 26.0. The van der Waals surface area contributed by atoms with Crippen LogP contribution in [0.2, 0.25) is 0 Å². The van der Waals surface area contributed by atoms with Crippen LogP contribution in [0.5, 0.6) is 0 Å². The summed E-state index contributed by atoms with van der Waals surface area (Å²) in [5.74, 6) is -0.239. The van der Waals surface area contributed by atoms with E-state index in [0.29, 0.717) is 5.57 Å². The zero-order valence-corrected chi connectivity index (χ0v) is 7.96. The third-order valence-electron chi connectivity index (χ3n) is 3.07. The van der Waals surface area contributed by atoms with Crippen molar-refractivity contribution in [3.05, 3.63) is 11.6 Å². The van der Waals surface area contributed by atoms with E-state index < -0.39 is 0 Å². The second-order valence-corrected chi connectivity index (χ2v) is 4.16. The molecule has 3 nitrogen and oxygen atoms in total. The molecule has 13 heavy (non-hydrogen) atoms. The summed E-state index contributed by atoms with van der Waals surface area (Å²) in [6, 6.07) is 0. The molecule has 0 bridgehead atoms. The lowest BCUT2D eigenvalue weighted by atomic mass is 9.77. The molecule has 0 atom stereocenters. The molecule has 1 aliphatic heterocycles. The largest absolute Gasteiger partial charge is 0.269 e. The zero-order valence-electron chi connectivity index (χ0n) is 7.96. The van der Waals surface area contributed by atoms with Crippen LogP contribution in [0.25, 0.3) is 0 Å². The molecule has 0 aromatic heterocycles. The lowest BCUT2D eigenvalue weighted by molar-refractivity contribution is -0.147. The van der Waals surface area contributed by atoms with Crippen LogP contribution in [-0.2, 0) is 9.59 Å². The van der Waals surface area contributed by atoms with Crippen molar-refractivity contribution < 1.29 is 9.59 Å². The molecule has 2 amide bonds. The van der Waals surface area contributed by atoms with E-state index in [2.05, 4.69) is 0 Å². The molecule has 1 fully saturated rings. The van der Waals surface area contributed by atoms with Crippen LogP contribution in [0.15, 0.2) is 11.6 Å². The average molecular weight is 179 g/mol. The summed E-state index contributed by atoms with van der Waals surface area (Å²) in [5, 5.41) is 0. The smallest absolute Gasteiger partial charge is 0.257 e. The molecular formula is C10H13NO2. The summed E-state index contributed by atoms with van der Waals surface area (Å²) in [7, 11) is 0. The van der Waals surface area contributed by atoms with Crippen molar-refractivity contribution in [2.75, 3.05) is 0 Å². The van der Waals surface area contributed by atoms with Crippen molar-refractivity contribution in [1.29, 1.82) is 0 Å². The van der Waals surface area contributed by atoms with Crippen molar-refractivity contribution in [2.24, 2.45) is 0 Å². The Bertz CT molecular complexity index is 313. The molecule has 0 aromatic rings. The van der Waals surface area contributed by atoms with Gasteiger partial charge in [0.2, 0.25) is 0 Å². The fourth-order valence-corrected chi connectivity index (χ4v) is 2.01. The van der Waals surface area contributed by atoms with E-state index in [1.807, 2.05) is 6.92 Å². The van der Waals surface area contributed by atoms with Crippen LogP contribution in [0.4, 0.5) is 0 Å². The van der Waals surface area contributed by atoms with Gasteiger partial charge in [0.25, 0.3) is 11.8 Å². The van der Waals surface area contributed by atoms with E-state index in [1.54, 1.807) is 6.92 Å². The fourth-order valence-electron chi connectivity index (χ4n) is 2.01. The Morgan fingerprint density at radius 1 is 1.38 bits per heavy atom. The third-order valence-corrected chi connectivity index (χ3v) is 3.07. The van der Waals surface area contributed by atoms with E-state index in [0.717, 1.165) is 19.3 Å². The van der Waals surface area contributed by atoms with Gasteiger partial charge in [0.1, 0.15) is 0 Å². The molecule has 70 valence electrons. The molecule has 3 heteroatoms. The highest BCUT2D eigenvalue weighted by molar-refractivity contribution is 6.16. The van der Waals surface area contributed by atoms with Crippen LogP contribution >= 0.6 is 0 Å². The van der Waals surface area contributed by atoms with Gasteiger partial charge in [-0.05, 0) is 33.1 Å². The van der Waals surface area contributed by atoms with Crippen LogP contribution in [0.1, 0.15) is 33.1 Å². The minimum absolute atomic E-state index is 0.104. The molecule has 0 spiro atoms. The van der Waals surface area contributed by atoms with E-state index >= 15 is 0 Å². The first-order valence-corrected chi connectivity index (χ1v) is 4.61. The minimum Gasteiger partial charge on any atom is -0.269 e. The number of amides is 2. The van der Waals surface area contributed by atoms with Crippen LogP contribution in [0.3, 0.4) is 0 Å². The highest BCUT2D eigenvalue weighted by Crippen LogP contribution is 2.39. The Kier molecular flexibility index (Phi) is 1.59. The Morgan fingerprint density at radius 2 is 2.00 bits per heavy atom. The molecule has 0 N–H and O–H groups in total. The van der Waals surface area contributed by atoms with Gasteiger partial charge in [0.15, 0.2) is 0 Å². The Hall–Kier alpha value is -1.12. The number of nitrogens with zero attached hydrogens (tertiary/aromatic N) is 1. The predicted molar refractivity (Wildman–Crippen MR) is 47.9 cm³/mol. The van der Waals surface area contributed by atoms with Gasteiger partial charge in [-0.3, -0.25) is 14.5 Å². The van der Waals surface area contributed by atoms with Gasteiger partial charge < -0.3 is 0 Å². The first-order valence-electron chi connectivity index (χ1n) is 4.61. The molecule has 2 rings (SSSR count). The lowest BCUT2D eigenvalue weighted by Gasteiger charge is -2.44. The number of carbonyl (C=O) groups is 2. The van der Waals surface area contributed by atoms with Crippen molar-refractivity contribution in [1.82, 2.24) is 4.90 Å². The topological polar surface area (TPSA) is 37.4 Å². The van der Waals surface area contributed by atoms with E-state index in [1.165, 1.54) is 11.0 Å². The summed E-state index contributed by atoms with van der Waals surface area (Å²) < 4.78 is 0. The second-order valence-electron chi connectivity index (χ2n) is 4.16. The van der Waals surface area contributed by atoms with E-state index in [9.17, 15) is 9.59 Å². The van der Waals surface area contributed by atoms with E-state index in [4.69, 9.17) is 0 Å². The van der Waals surface area contributed by atoms with Gasteiger partial charge in [-0.2, -0.15) is 0 Å². The molecular weight excluding hydrogens is 166 g/mol. The fraction of sp³-hybridized carbons (Fsp3) is 0.600. The number of rotatable bonds is 1. The molecule has 0 aromatic carbocycles. The van der Waals surface area contributed by atoms with Gasteiger partial charge in [-0.25, -0.2) is 0 Å². The summed E-state index contributed by atoms with van der Waals surface area (Å²) in [4.78, 5) is 24.5. The first-order chi connectivity index (χ1) is 6.04. The average Bonchev–Trinajstić information content (AvgIpc) is 2.23. The number of imide groups is 1. The maximum atomic E-state index is 11.6. The third kappa shape index (κ3) is 1.03. The summed E-state index contributed by atoms with van der Waals surface area (Å²) in [6.45, 7) is 3.68. The van der Waals surface area contributed by atoms with Gasteiger partial charge in [0, 0.05) is 17.2 Å². The van der Waals surface area contributed by atoms with Gasteiger partial charge in [-0.15, -0.1) is 0 Å². The van der Waals surface area contributed by atoms with Gasteiger partial charge in [0.05, 0.1) is 0 Å².